The lowest BCUT2D eigenvalue weighted by Gasteiger charge is -2.19. The number of benzene rings is 1. The molecular formula is C14H15BrClNOS. The first-order valence-electron chi connectivity index (χ1n) is 5.97. The maximum Gasteiger partial charge on any atom is 0.119 e. The van der Waals surface area contributed by atoms with Gasteiger partial charge in [-0.2, -0.15) is 0 Å². The predicted molar refractivity (Wildman–Crippen MR) is 85.5 cm³/mol. The van der Waals surface area contributed by atoms with Gasteiger partial charge < -0.3 is 10.1 Å². The monoisotopic (exact) mass is 359 g/mol. The van der Waals surface area contributed by atoms with Gasteiger partial charge in [0.15, 0.2) is 0 Å². The van der Waals surface area contributed by atoms with Gasteiger partial charge >= 0.3 is 0 Å². The molecule has 19 heavy (non-hydrogen) atoms. The largest absolute Gasteiger partial charge is 0.497 e. The summed E-state index contributed by atoms with van der Waals surface area (Å²) in [6.07, 6.45) is 0. The summed E-state index contributed by atoms with van der Waals surface area (Å²) >= 11 is 11.2. The van der Waals surface area contributed by atoms with E-state index in [4.69, 9.17) is 16.3 Å². The number of halogens is 2. The summed E-state index contributed by atoms with van der Waals surface area (Å²) in [5.74, 6) is 0.851. The topological polar surface area (TPSA) is 21.3 Å². The van der Waals surface area contributed by atoms with Gasteiger partial charge in [0, 0.05) is 9.35 Å². The molecule has 0 radical (unpaired) electrons. The summed E-state index contributed by atoms with van der Waals surface area (Å²) in [6.45, 7) is 2.97. The summed E-state index contributed by atoms with van der Waals surface area (Å²) in [4.78, 5) is 1.20. The average molecular weight is 361 g/mol. The van der Waals surface area contributed by atoms with Crippen molar-refractivity contribution in [2.45, 2.75) is 13.0 Å². The van der Waals surface area contributed by atoms with E-state index in [9.17, 15) is 0 Å². The highest BCUT2D eigenvalue weighted by Gasteiger charge is 2.18. The highest BCUT2D eigenvalue weighted by atomic mass is 79.9. The molecule has 1 atom stereocenters. The van der Waals surface area contributed by atoms with Gasteiger partial charge in [-0.25, -0.2) is 0 Å². The second-order valence-corrected chi connectivity index (χ2v) is 6.62. The Kier molecular flexibility index (Phi) is 5.28. The minimum atomic E-state index is 0.118. The third-order valence-electron chi connectivity index (χ3n) is 2.80. The molecule has 5 heteroatoms. The smallest absolute Gasteiger partial charge is 0.119 e. The highest BCUT2D eigenvalue weighted by molar-refractivity contribution is 9.10. The molecule has 0 bridgehead atoms. The molecule has 0 amide bonds. The van der Waals surface area contributed by atoms with E-state index in [0.29, 0.717) is 0 Å². The van der Waals surface area contributed by atoms with Gasteiger partial charge in [0.05, 0.1) is 17.5 Å². The second kappa shape index (κ2) is 6.75. The molecule has 1 aromatic heterocycles. The summed E-state index contributed by atoms with van der Waals surface area (Å²) in [7, 11) is 1.68. The Balaban J connectivity index is 2.43. The molecule has 1 N–H and O–H groups in total. The third kappa shape index (κ3) is 3.51. The van der Waals surface area contributed by atoms with Crippen LogP contribution in [0.3, 0.4) is 0 Å². The number of rotatable bonds is 5. The second-order valence-electron chi connectivity index (χ2n) is 4.02. The van der Waals surface area contributed by atoms with Gasteiger partial charge in [0.25, 0.3) is 0 Å². The van der Waals surface area contributed by atoms with E-state index in [1.54, 1.807) is 18.4 Å². The van der Waals surface area contributed by atoms with Crippen LogP contribution in [0.15, 0.2) is 34.8 Å². The molecule has 0 fully saturated rings. The SMILES string of the molecule is CCNC(c1ccc(Cl)s1)c1cc(OC)ccc1Br. The van der Waals surface area contributed by atoms with Gasteiger partial charge in [0.2, 0.25) is 0 Å². The van der Waals surface area contributed by atoms with Crippen molar-refractivity contribution < 1.29 is 4.74 Å². The molecule has 2 nitrogen and oxygen atoms in total. The van der Waals surface area contributed by atoms with Gasteiger partial charge in [-0.1, -0.05) is 34.5 Å². The Hall–Kier alpha value is -0.550. The summed E-state index contributed by atoms with van der Waals surface area (Å²) in [5, 5.41) is 3.49. The van der Waals surface area contributed by atoms with Crippen LogP contribution in [-0.2, 0) is 0 Å². The van der Waals surface area contributed by atoms with Gasteiger partial charge in [-0.3, -0.25) is 0 Å². The fourth-order valence-electron chi connectivity index (χ4n) is 1.92. The zero-order valence-electron chi connectivity index (χ0n) is 10.7. The number of hydrogen-bond acceptors (Lipinski definition) is 3. The van der Waals surface area contributed by atoms with Crippen molar-refractivity contribution in [2.75, 3.05) is 13.7 Å². The molecule has 1 unspecified atom stereocenters. The molecule has 0 aliphatic heterocycles. The van der Waals surface area contributed by atoms with Crippen LogP contribution in [0.2, 0.25) is 4.34 Å². The Labute approximate surface area is 130 Å². The van der Waals surface area contributed by atoms with Gasteiger partial charge in [0.1, 0.15) is 5.75 Å². The average Bonchev–Trinajstić information content (AvgIpc) is 2.83. The normalized spacial score (nSPS) is 12.4. The van der Waals surface area contributed by atoms with Crippen LogP contribution in [0.1, 0.15) is 23.4 Å². The van der Waals surface area contributed by atoms with E-state index in [1.165, 1.54) is 4.88 Å². The van der Waals surface area contributed by atoms with E-state index in [0.717, 1.165) is 26.7 Å². The predicted octanol–water partition coefficient (Wildman–Crippen LogP) is 4.87. The molecule has 0 saturated heterocycles. The van der Waals surface area contributed by atoms with Crippen molar-refractivity contribution in [3.05, 3.63) is 49.6 Å². The van der Waals surface area contributed by atoms with Crippen molar-refractivity contribution >= 4 is 38.9 Å². The minimum Gasteiger partial charge on any atom is -0.497 e. The quantitative estimate of drug-likeness (QED) is 0.821. The zero-order chi connectivity index (χ0) is 13.8. The van der Waals surface area contributed by atoms with Crippen molar-refractivity contribution in [1.29, 1.82) is 0 Å². The van der Waals surface area contributed by atoms with E-state index in [2.05, 4.69) is 34.2 Å². The van der Waals surface area contributed by atoms with Crippen LogP contribution >= 0.6 is 38.9 Å². The van der Waals surface area contributed by atoms with Crippen molar-refractivity contribution in [3.63, 3.8) is 0 Å². The number of methoxy groups -OCH3 is 1. The van der Waals surface area contributed by atoms with Crippen LogP contribution in [-0.4, -0.2) is 13.7 Å². The minimum absolute atomic E-state index is 0.118. The van der Waals surface area contributed by atoms with E-state index in [1.807, 2.05) is 24.3 Å². The summed E-state index contributed by atoms with van der Waals surface area (Å²) in [5.41, 5.74) is 1.15. The lowest BCUT2D eigenvalue weighted by Crippen LogP contribution is -2.21. The molecule has 1 heterocycles. The molecule has 1 aromatic carbocycles. The van der Waals surface area contributed by atoms with Crippen LogP contribution in [0.4, 0.5) is 0 Å². The molecule has 0 spiro atoms. The van der Waals surface area contributed by atoms with Gasteiger partial charge in [-0.05, 0) is 42.4 Å². The fraction of sp³-hybridized carbons (Fsp3) is 0.286. The van der Waals surface area contributed by atoms with E-state index in [-0.39, 0.29) is 6.04 Å². The molecular weight excluding hydrogens is 346 g/mol. The first-order valence-corrected chi connectivity index (χ1v) is 7.96. The number of ether oxygens (including phenoxy) is 1. The van der Waals surface area contributed by atoms with Crippen LogP contribution < -0.4 is 10.1 Å². The van der Waals surface area contributed by atoms with Gasteiger partial charge in [-0.15, -0.1) is 11.3 Å². The zero-order valence-corrected chi connectivity index (χ0v) is 13.9. The molecule has 0 saturated carbocycles. The highest BCUT2D eigenvalue weighted by Crippen LogP contribution is 2.35. The van der Waals surface area contributed by atoms with Crippen LogP contribution in [0.5, 0.6) is 5.75 Å². The number of nitrogens with one attached hydrogen (secondary N) is 1. The van der Waals surface area contributed by atoms with Crippen LogP contribution in [0, 0.1) is 0 Å². The first kappa shape index (κ1) is 14.9. The third-order valence-corrected chi connectivity index (χ3v) is 4.82. The first-order chi connectivity index (χ1) is 9.15. The molecule has 2 rings (SSSR count). The number of thiophene rings is 1. The Morgan fingerprint density at radius 2 is 2.16 bits per heavy atom. The van der Waals surface area contributed by atoms with Crippen molar-refractivity contribution in [3.8, 4) is 5.75 Å². The maximum absolute atomic E-state index is 6.04. The molecule has 102 valence electrons. The lowest BCUT2D eigenvalue weighted by molar-refractivity contribution is 0.413. The number of hydrogen-bond donors (Lipinski definition) is 1. The van der Waals surface area contributed by atoms with Crippen LogP contribution in [0.25, 0.3) is 0 Å². The summed E-state index contributed by atoms with van der Waals surface area (Å²) in [6, 6.07) is 10.1. The van der Waals surface area contributed by atoms with E-state index < -0.39 is 0 Å². The molecule has 2 aromatic rings. The molecule has 0 aliphatic carbocycles. The standard InChI is InChI=1S/C14H15BrClNOS/c1-3-17-14(12-6-7-13(16)19-12)10-8-9(18-2)4-5-11(10)15/h4-8,14,17H,3H2,1-2H3. The van der Waals surface area contributed by atoms with Crippen molar-refractivity contribution in [1.82, 2.24) is 5.32 Å². The maximum atomic E-state index is 6.04. The Bertz CT molecular complexity index is 558. The lowest BCUT2D eigenvalue weighted by atomic mass is 10.0. The Morgan fingerprint density at radius 1 is 1.37 bits per heavy atom. The fourth-order valence-corrected chi connectivity index (χ4v) is 3.55. The molecule has 0 aliphatic rings. The Morgan fingerprint density at radius 3 is 2.74 bits per heavy atom. The van der Waals surface area contributed by atoms with Crippen molar-refractivity contribution in [2.24, 2.45) is 0 Å². The summed E-state index contributed by atoms with van der Waals surface area (Å²) < 4.78 is 7.17. The van der Waals surface area contributed by atoms with E-state index >= 15 is 0 Å².